The van der Waals surface area contributed by atoms with Crippen LogP contribution < -0.4 is 9.80 Å². The largest absolute Gasteiger partial charge is 0.481 e. The fourth-order valence-corrected chi connectivity index (χ4v) is 11.2. The quantitative estimate of drug-likeness (QED) is 0.0879. The molecule has 0 amide bonds. The molecule has 2 aromatic heterocycles. The number of anilines is 2. The summed E-state index contributed by atoms with van der Waals surface area (Å²) in [6.07, 6.45) is 11.7. The number of carboxylic acid groups (broad SMARTS) is 2. The Balaban J connectivity index is 0.000000180. The number of hydrogen-bond acceptors (Lipinski definition) is 14. The number of rotatable bonds is 17. The van der Waals surface area contributed by atoms with Crippen molar-refractivity contribution < 1.29 is 38.3 Å². The molecule has 0 bridgehead atoms. The van der Waals surface area contributed by atoms with Crippen LogP contribution >= 0.6 is 0 Å². The first-order valence-electron chi connectivity index (χ1n) is 26.2. The summed E-state index contributed by atoms with van der Waals surface area (Å²) in [7, 11) is 3.45. The summed E-state index contributed by atoms with van der Waals surface area (Å²) in [5.41, 5.74) is 13.1. The summed E-state index contributed by atoms with van der Waals surface area (Å²) >= 11 is 0. The number of nitrogens with zero attached hydrogens (tertiary/aromatic N) is 8. The average molecular weight is 995 g/mol. The number of fused-ring (bicyclic) bond motifs is 2. The van der Waals surface area contributed by atoms with Crippen molar-refractivity contribution in [3.63, 3.8) is 0 Å². The van der Waals surface area contributed by atoms with E-state index in [1.165, 1.54) is 66.6 Å². The molecule has 4 aromatic carbocycles. The van der Waals surface area contributed by atoms with Crippen LogP contribution in [0.25, 0.3) is 45.7 Å². The number of benzene rings is 4. The minimum absolute atomic E-state index is 0.0479. The van der Waals surface area contributed by atoms with Crippen molar-refractivity contribution >= 4 is 23.3 Å². The molecule has 2 unspecified atom stereocenters. The average Bonchev–Trinajstić information content (AvgIpc) is 4.12. The third-order valence-electron chi connectivity index (χ3n) is 15.0. The van der Waals surface area contributed by atoms with E-state index in [2.05, 4.69) is 99.5 Å². The van der Waals surface area contributed by atoms with Gasteiger partial charge < -0.3 is 38.5 Å². The minimum atomic E-state index is -0.804. The van der Waals surface area contributed by atoms with E-state index in [0.717, 1.165) is 97.4 Å². The SMILES string of the molecule is CCC1CCCCN1c1ccc(-c2nc(-c3ccc4c(c3)CN(CC(=O)O)CC4)no2)cc1COC.CCC1CCCCN1c1ccc(-c2nc(-c3ccc4c(c3)CN(CCC(=O)O)CC4)no2)cc1COC. The molecule has 6 aromatic rings. The fraction of sp³-hybridized carbons (Fsp3) is 0.474. The Hall–Kier alpha value is -6.46. The van der Waals surface area contributed by atoms with Gasteiger partial charge in [-0.3, -0.25) is 19.4 Å². The summed E-state index contributed by atoms with van der Waals surface area (Å²) in [6, 6.07) is 26.3. The lowest BCUT2D eigenvalue weighted by Gasteiger charge is -2.38. The minimum Gasteiger partial charge on any atom is -0.481 e. The summed E-state index contributed by atoms with van der Waals surface area (Å²) in [5.74, 6) is 0.487. The summed E-state index contributed by atoms with van der Waals surface area (Å²) < 4.78 is 22.5. The van der Waals surface area contributed by atoms with E-state index in [4.69, 9.17) is 38.7 Å². The third-order valence-corrected chi connectivity index (χ3v) is 15.0. The van der Waals surface area contributed by atoms with E-state index >= 15 is 0 Å². The monoisotopic (exact) mass is 995 g/mol. The lowest BCUT2D eigenvalue weighted by molar-refractivity contribution is -0.139. The van der Waals surface area contributed by atoms with Gasteiger partial charge in [0.2, 0.25) is 11.6 Å². The van der Waals surface area contributed by atoms with Gasteiger partial charge in [-0.2, -0.15) is 9.97 Å². The van der Waals surface area contributed by atoms with Crippen LogP contribution in [0.4, 0.5) is 11.4 Å². The highest BCUT2D eigenvalue weighted by molar-refractivity contribution is 5.70. The number of carbonyl (C=O) groups is 2. The molecule has 16 nitrogen and oxygen atoms in total. The highest BCUT2D eigenvalue weighted by Crippen LogP contribution is 2.36. The molecule has 2 N–H and O–H groups in total. The first-order chi connectivity index (χ1) is 35.6. The Kier molecular flexibility index (Phi) is 16.9. The smallest absolute Gasteiger partial charge is 0.317 e. The Bertz CT molecular complexity index is 2840. The van der Waals surface area contributed by atoms with Crippen molar-refractivity contribution in [1.29, 1.82) is 0 Å². The molecule has 0 radical (unpaired) electrons. The van der Waals surface area contributed by atoms with E-state index in [1.807, 2.05) is 17.0 Å². The van der Waals surface area contributed by atoms with Crippen LogP contribution in [0.2, 0.25) is 0 Å². The van der Waals surface area contributed by atoms with Crippen LogP contribution in [0, 0.1) is 0 Å². The number of aromatic nitrogens is 4. The molecule has 6 heterocycles. The summed E-state index contributed by atoms with van der Waals surface area (Å²) in [5, 5.41) is 26.7. The highest BCUT2D eigenvalue weighted by atomic mass is 16.5. The standard InChI is InChI=1S/C29H36N4O4.C28H34N4O4/c1-3-25-6-4-5-13-33(25)26-10-9-22(17-24(26)19-36-2)29-30-28(31-37-29)21-8-7-20-11-14-32(15-12-27(34)35)18-23(20)16-21;1-3-24-6-4-5-12-32(24)25-10-9-21(15-23(25)18-35-2)28-29-27(30-36-28)20-8-7-19-11-13-31(17-26(33)34)16-22(19)14-20/h7-10,16-17,25H,3-6,11-15,18-19H2,1-2H3,(H,34,35);7-10,14-15,24H,3-6,11-13,16-18H2,1-2H3,(H,33,34). The van der Waals surface area contributed by atoms with E-state index in [9.17, 15) is 9.59 Å². The molecule has 386 valence electrons. The topological polar surface area (TPSA) is 184 Å². The molecule has 4 aliphatic heterocycles. The molecule has 73 heavy (non-hydrogen) atoms. The molecule has 2 fully saturated rings. The van der Waals surface area contributed by atoms with E-state index < -0.39 is 11.9 Å². The molecule has 4 aliphatic rings. The van der Waals surface area contributed by atoms with Crippen molar-refractivity contribution in [3.8, 4) is 45.7 Å². The normalized spacial score (nSPS) is 18.2. The van der Waals surface area contributed by atoms with Gasteiger partial charge in [-0.05, 0) is 135 Å². The van der Waals surface area contributed by atoms with Crippen LogP contribution in [0.1, 0.15) is 105 Å². The van der Waals surface area contributed by atoms with Gasteiger partial charge in [0.25, 0.3) is 11.8 Å². The van der Waals surface area contributed by atoms with Crippen LogP contribution in [0.15, 0.2) is 81.8 Å². The number of ether oxygens (including phenoxy) is 2. The van der Waals surface area contributed by atoms with Gasteiger partial charge in [-0.1, -0.05) is 48.4 Å². The van der Waals surface area contributed by atoms with Gasteiger partial charge in [0.1, 0.15) is 0 Å². The first-order valence-corrected chi connectivity index (χ1v) is 26.2. The summed E-state index contributed by atoms with van der Waals surface area (Å²) in [4.78, 5) is 40.7. The number of carboxylic acids is 2. The zero-order valence-corrected chi connectivity index (χ0v) is 42.9. The van der Waals surface area contributed by atoms with E-state index in [-0.39, 0.29) is 13.0 Å². The second kappa shape index (κ2) is 24.1. The summed E-state index contributed by atoms with van der Waals surface area (Å²) in [6.45, 7) is 11.3. The van der Waals surface area contributed by atoms with Gasteiger partial charge in [-0.15, -0.1) is 0 Å². The lowest BCUT2D eigenvalue weighted by Crippen LogP contribution is -2.39. The van der Waals surface area contributed by atoms with Gasteiger partial charge in [-0.25, -0.2) is 0 Å². The number of hydrogen-bond donors (Lipinski definition) is 2. The van der Waals surface area contributed by atoms with Gasteiger partial charge in [0, 0.05) is 117 Å². The molecular formula is C57H70N8O8. The second-order valence-corrected chi connectivity index (χ2v) is 19.9. The van der Waals surface area contributed by atoms with Crippen LogP contribution in [-0.4, -0.2) is 118 Å². The molecule has 0 aliphatic carbocycles. The van der Waals surface area contributed by atoms with Gasteiger partial charge in [0.05, 0.1) is 26.2 Å². The molecular weight excluding hydrogens is 925 g/mol. The second-order valence-electron chi connectivity index (χ2n) is 19.9. The van der Waals surface area contributed by atoms with Crippen LogP contribution in [0.5, 0.6) is 0 Å². The van der Waals surface area contributed by atoms with Gasteiger partial charge in [0.15, 0.2) is 0 Å². The Morgan fingerprint density at radius 3 is 1.53 bits per heavy atom. The zero-order chi connectivity index (χ0) is 50.8. The molecule has 10 rings (SSSR count). The first kappa shape index (κ1) is 51.4. The van der Waals surface area contributed by atoms with E-state index in [0.29, 0.717) is 61.8 Å². The Morgan fingerprint density at radius 2 is 1.07 bits per heavy atom. The Labute approximate surface area is 428 Å². The highest BCUT2D eigenvalue weighted by Gasteiger charge is 2.27. The van der Waals surface area contributed by atoms with Crippen LogP contribution in [0.3, 0.4) is 0 Å². The number of piperidine rings is 2. The predicted molar refractivity (Wildman–Crippen MR) is 280 cm³/mol. The lowest BCUT2D eigenvalue weighted by atomic mass is 9.97. The van der Waals surface area contributed by atoms with Crippen LogP contribution in [-0.2, 0) is 58.2 Å². The number of methoxy groups -OCH3 is 2. The Morgan fingerprint density at radius 1 is 0.589 bits per heavy atom. The molecule has 16 heteroatoms. The van der Waals surface area contributed by atoms with Crippen molar-refractivity contribution in [2.75, 3.05) is 63.3 Å². The van der Waals surface area contributed by atoms with Crippen molar-refractivity contribution in [1.82, 2.24) is 30.1 Å². The maximum atomic E-state index is 11.1. The molecule has 2 saturated heterocycles. The molecule has 2 atom stereocenters. The fourth-order valence-electron chi connectivity index (χ4n) is 11.2. The molecule has 0 saturated carbocycles. The predicted octanol–water partition coefficient (Wildman–Crippen LogP) is 9.91. The van der Waals surface area contributed by atoms with Crippen molar-refractivity contribution in [2.45, 2.75) is 123 Å². The third kappa shape index (κ3) is 12.3. The van der Waals surface area contributed by atoms with Gasteiger partial charge >= 0.3 is 11.9 Å². The maximum Gasteiger partial charge on any atom is 0.317 e. The van der Waals surface area contributed by atoms with E-state index in [1.54, 1.807) is 14.2 Å². The molecule has 0 spiro atoms. The zero-order valence-electron chi connectivity index (χ0n) is 42.9. The van der Waals surface area contributed by atoms with Crippen molar-refractivity contribution in [3.05, 3.63) is 106 Å². The van der Waals surface area contributed by atoms with Crippen molar-refractivity contribution in [2.24, 2.45) is 0 Å². The maximum absolute atomic E-state index is 11.1. The number of aliphatic carboxylic acids is 2.